The predicted octanol–water partition coefficient (Wildman–Crippen LogP) is 3.25. The quantitative estimate of drug-likeness (QED) is 0.781. The van der Waals surface area contributed by atoms with Crippen molar-refractivity contribution in [3.8, 4) is 5.75 Å². The molecule has 1 aliphatic heterocycles. The molecule has 0 radical (unpaired) electrons. The van der Waals surface area contributed by atoms with Crippen molar-refractivity contribution < 1.29 is 14.3 Å². The van der Waals surface area contributed by atoms with E-state index in [2.05, 4.69) is 10.4 Å². The van der Waals surface area contributed by atoms with Crippen LogP contribution in [-0.2, 0) is 16.1 Å². The van der Waals surface area contributed by atoms with Crippen LogP contribution >= 0.6 is 11.6 Å². The van der Waals surface area contributed by atoms with Gasteiger partial charge in [0.05, 0.1) is 28.6 Å². The van der Waals surface area contributed by atoms with Crippen LogP contribution in [0.2, 0.25) is 5.02 Å². The van der Waals surface area contributed by atoms with Crippen molar-refractivity contribution in [2.24, 2.45) is 0 Å². The molecule has 2 aromatic rings. The van der Waals surface area contributed by atoms with Gasteiger partial charge >= 0.3 is 0 Å². The van der Waals surface area contributed by atoms with Crippen molar-refractivity contribution in [3.63, 3.8) is 0 Å². The third-order valence-corrected chi connectivity index (χ3v) is 5.82. The summed E-state index contributed by atoms with van der Waals surface area (Å²) in [5.41, 5.74) is 2.07. The molecular formula is C21H27ClN4O3. The lowest BCUT2D eigenvalue weighted by molar-refractivity contribution is -0.129. The van der Waals surface area contributed by atoms with E-state index in [4.69, 9.17) is 16.3 Å². The Morgan fingerprint density at radius 3 is 2.59 bits per heavy atom. The first-order chi connectivity index (χ1) is 13.8. The highest BCUT2D eigenvalue weighted by Gasteiger charge is 2.34. The monoisotopic (exact) mass is 418 g/mol. The molecule has 2 heterocycles. The molecule has 0 fully saturated rings. The maximum atomic E-state index is 13.1. The van der Waals surface area contributed by atoms with E-state index in [0.717, 1.165) is 18.5 Å². The molecule has 29 heavy (non-hydrogen) atoms. The Morgan fingerprint density at radius 2 is 1.97 bits per heavy atom. The van der Waals surface area contributed by atoms with E-state index in [1.807, 2.05) is 39.0 Å². The summed E-state index contributed by atoms with van der Waals surface area (Å²) in [6.45, 7) is 7.87. The molecule has 0 saturated heterocycles. The summed E-state index contributed by atoms with van der Waals surface area (Å²) in [4.78, 5) is 27.5. The second kappa shape index (κ2) is 8.86. The Morgan fingerprint density at radius 1 is 1.28 bits per heavy atom. The van der Waals surface area contributed by atoms with E-state index in [1.165, 1.54) is 0 Å². The molecule has 156 valence electrons. The highest BCUT2D eigenvalue weighted by atomic mass is 35.5. The summed E-state index contributed by atoms with van der Waals surface area (Å²) in [6.07, 6.45) is 0.915. The van der Waals surface area contributed by atoms with Gasteiger partial charge in [0.2, 0.25) is 5.91 Å². The number of carbonyl (C=O) groups excluding carboxylic acids is 2. The van der Waals surface area contributed by atoms with Gasteiger partial charge in [0, 0.05) is 6.04 Å². The number of amides is 2. The van der Waals surface area contributed by atoms with Crippen LogP contribution in [-0.4, -0.2) is 40.3 Å². The van der Waals surface area contributed by atoms with Crippen LogP contribution in [0.4, 0.5) is 5.69 Å². The standard InChI is InChI=1S/C21H27ClN4O3/c1-5-15(6-2)23-21(28)18-11-25(16-9-7-8-10-17(16)29-18)19(27)12-26-14(4)20(22)13(3)24-26/h7-10,15,18H,5-6,11-12H2,1-4H3,(H,23,28). The second-order valence-corrected chi connectivity index (χ2v) is 7.62. The number of carbonyl (C=O) groups is 2. The van der Waals surface area contributed by atoms with Gasteiger partial charge in [-0.1, -0.05) is 37.6 Å². The molecule has 0 spiro atoms. The minimum absolute atomic E-state index is 0.0363. The van der Waals surface area contributed by atoms with Gasteiger partial charge in [-0.3, -0.25) is 14.3 Å². The molecule has 3 rings (SSSR count). The average molecular weight is 419 g/mol. The molecule has 0 saturated carbocycles. The summed E-state index contributed by atoms with van der Waals surface area (Å²) in [5, 5.41) is 7.91. The molecule has 1 aromatic heterocycles. The van der Waals surface area contributed by atoms with Gasteiger partial charge in [0.25, 0.3) is 5.91 Å². The minimum atomic E-state index is -0.765. The Balaban J connectivity index is 1.83. The molecule has 0 bridgehead atoms. The molecule has 8 heteroatoms. The summed E-state index contributed by atoms with van der Waals surface area (Å²) in [6, 6.07) is 7.34. The van der Waals surface area contributed by atoms with Crippen LogP contribution in [0.25, 0.3) is 0 Å². The Labute approximate surface area is 176 Å². The van der Waals surface area contributed by atoms with E-state index < -0.39 is 6.10 Å². The van der Waals surface area contributed by atoms with E-state index in [-0.39, 0.29) is 30.9 Å². The summed E-state index contributed by atoms with van der Waals surface area (Å²) in [5.74, 6) is 0.131. The summed E-state index contributed by atoms with van der Waals surface area (Å²) in [7, 11) is 0. The number of nitrogens with zero attached hydrogens (tertiary/aromatic N) is 3. The number of aromatic nitrogens is 2. The van der Waals surface area contributed by atoms with E-state index in [9.17, 15) is 9.59 Å². The number of anilines is 1. The van der Waals surface area contributed by atoms with Gasteiger partial charge in [-0.2, -0.15) is 5.10 Å². The molecular weight excluding hydrogens is 392 g/mol. The van der Waals surface area contributed by atoms with Crippen LogP contribution in [0.5, 0.6) is 5.75 Å². The van der Waals surface area contributed by atoms with E-state index in [0.29, 0.717) is 22.2 Å². The zero-order valence-electron chi connectivity index (χ0n) is 17.2. The van der Waals surface area contributed by atoms with Crippen molar-refractivity contribution in [1.82, 2.24) is 15.1 Å². The van der Waals surface area contributed by atoms with Gasteiger partial charge in [-0.25, -0.2) is 0 Å². The highest BCUT2D eigenvalue weighted by molar-refractivity contribution is 6.31. The molecule has 1 unspecified atom stereocenters. The van der Waals surface area contributed by atoms with E-state index in [1.54, 1.807) is 22.6 Å². The zero-order chi connectivity index (χ0) is 21.1. The van der Waals surface area contributed by atoms with Gasteiger partial charge < -0.3 is 15.0 Å². The number of hydrogen-bond donors (Lipinski definition) is 1. The maximum absolute atomic E-state index is 13.1. The smallest absolute Gasteiger partial charge is 0.263 e. The van der Waals surface area contributed by atoms with Crippen LogP contribution < -0.4 is 15.0 Å². The molecule has 0 aliphatic carbocycles. The second-order valence-electron chi connectivity index (χ2n) is 7.24. The number of ether oxygens (including phenoxy) is 1. The van der Waals surface area contributed by atoms with Gasteiger partial charge in [0.15, 0.2) is 6.10 Å². The Hall–Kier alpha value is -2.54. The highest BCUT2D eigenvalue weighted by Crippen LogP contribution is 2.33. The van der Waals surface area contributed by atoms with Crippen LogP contribution in [0, 0.1) is 13.8 Å². The third-order valence-electron chi connectivity index (χ3n) is 5.28. The largest absolute Gasteiger partial charge is 0.477 e. The molecule has 7 nitrogen and oxygen atoms in total. The molecule has 1 aliphatic rings. The number of fused-ring (bicyclic) bond motifs is 1. The molecule has 1 aromatic carbocycles. The number of rotatable bonds is 6. The van der Waals surface area contributed by atoms with Crippen molar-refractivity contribution in [2.45, 2.75) is 59.2 Å². The molecule has 1 N–H and O–H groups in total. The van der Waals surface area contributed by atoms with E-state index >= 15 is 0 Å². The SMILES string of the molecule is CCC(CC)NC(=O)C1CN(C(=O)Cn2nc(C)c(Cl)c2C)c2ccccc2O1. The van der Waals surface area contributed by atoms with Crippen LogP contribution in [0.1, 0.15) is 38.1 Å². The lowest BCUT2D eigenvalue weighted by Crippen LogP contribution is -2.53. The maximum Gasteiger partial charge on any atom is 0.263 e. The number of para-hydroxylation sites is 2. The topological polar surface area (TPSA) is 76.5 Å². The van der Waals surface area contributed by atoms with Gasteiger partial charge in [0.1, 0.15) is 12.3 Å². The third kappa shape index (κ3) is 4.40. The first-order valence-corrected chi connectivity index (χ1v) is 10.3. The first-order valence-electron chi connectivity index (χ1n) is 9.91. The molecule has 1 atom stereocenters. The lowest BCUT2D eigenvalue weighted by atomic mass is 10.1. The van der Waals surface area contributed by atoms with Crippen molar-refractivity contribution >= 4 is 29.1 Å². The number of halogens is 1. The average Bonchev–Trinajstić information content (AvgIpc) is 2.97. The minimum Gasteiger partial charge on any atom is -0.477 e. The summed E-state index contributed by atoms with van der Waals surface area (Å²) < 4.78 is 7.51. The zero-order valence-corrected chi connectivity index (χ0v) is 18.0. The Kier molecular flexibility index (Phi) is 6.47. The van der Waals surface area contributed by atoms with Crippen LogP contribution in [0.15, 0.2) is 24.3 Å². The van der Waals surface area contributed by atoms with Crippen molar-refractivity contribution in [2.75, 3.05) is 11.4 Å². The predicted molar refractivity (Wildman–Crippen MR) is 112 cm³/mol. The number of hydrogen-bond acceptors (Lipinski definition) is 4. The fourth-order valence-corrected chi connectivity index (χ4v) is 3.57. The Bertz CT molecular complexity index is 907. The lowest BCUT2D eigenvalue weighted by Gasteiger charge is -2.34. The molecule has 2 amide bonds. The summed E-state index contributed by atoms with van der Waals surface area (Å²) >= 11 is 6.21. The fourth-order valence-electron chi connectivity index (χ4n) is 3.44. The van der Waals surface area contributed by atoms with Gasteiger partial charge in [-0.15, -0.1) is 0 Å². The number of nitrogens with one attached hydrogen (secondary N) is 1. The first kappa shape index (κ1) is 21.2. The number of benzene rings is 1. The van der Waals surface area contributed by atoms with Crippen molar-refractivity contribution in [3.05, 3.63) is 40.7 Å². The number of aryl methyl sites for hydroxylation is 1. The van der Waals surface area contributed by atoms with Crippen LogP contribution in [0.3, 0.4) is 0 Å². The van der Waals surface area contributed by atoms with Crippen molar-refractivity contribution in [1.29, 1.82) is 0 Å². The van der Waals surface area contributed by atoms with Gasteiger partial charge in [-0.05, 0) is 38.8 Å². The fraction of sp³-hybridized carbons (Fsp3) is 0.476. The normalized spacial score (nSPS) is 15.8.